The van der Waals surface area contributed by atoms with E-state index in [0.29, 0.717) is 51.7 Å². The predicted molar refractivity (Wildman–Crippen MR) is 102 cm³/mol. The van der Waals surface area contributed by atoms with Crippen LogP contribution in [0.15, 0.2) is 24.3 Å². The molecule has 1 aromatic rings. The third-order valence-corrected chi connectivity index (χ3v) is 5.06. The van der Waals surface area contributed by atoms with Gasteiger partial charge in [0.15, 0.2) is 6.10 Å². The lowest BCUT2D eigenvalue weighted by atomic mass is 10.2. The second-order valence-corrected chi connectivity index (χ2v) is 7.17. The molecule has 2 amide bonds. The smallest absolute Gasteiger partial charge is 0.263 e. The minimum absolute atomic E-state index is 0.0308. The van der Waals surface area contributed by atoms with Gasteiger partial charge in [0.05, 0.1) is 19.8 Å². The van der Waals surface area contributed by atoms with Gasteiger partial charge in [-0.2, -0.15) is 0 Å². The molecule has 0 bridgehead atoms. The van der Waals surface area contributed by atoms with Crippen LogP contribution in [0.25, 0.3) is 0 Å². The SMILES string of the molecule is Cc1cccc(OC(C)C(=O)N2CCN(C(=O)CN3CCOCC3)CC2)c1. The van der Waals surface area contributed by atoms with Crippen LogP contribution in [0.5, 0.6) is 5.75 Å². The minimum atomic E-state index is -0.539. The van der Waals surface area contributed by atoms with E-state index in [-0.39, 0.29) is 11.8 Å². The molecule has 7 nitrogen and oxygen atoms in total. The average molecular weight is 375 g/mol. The van der Waals surface area contributed by atoms with Crippen molar-refractivity contribution >= 4 is 11.8 Å². The number of nitrogens with zero attached hydrogens (tertiary/aromatic N) is 3. The van der Waals surface area contributed by atoms with Crippen molar-refractivity contribution in [3.63, 3.8) is 0 Å². The molecule has 148 valence electrons. The van der Waals surface area contributed by atoms with Crippen molar-refractivity contribution < 1.29 is 19.1 Å². The highest BCUT2D eigenvalue weighted by Gasteiger charge is 2.28. The van der Waals surface area contributed by atoms with Crippen molar-refractivity contribution in [2.75, 3.05) is 59.0 Å². The average Bonchev–Trinajstić information content (AvgIpc) is 2.68. The van der Waals surface area contributed by atoms with Gasteiger partial charge in [0, 0.05) is 39.3 Å². The molecule has 27 heavy (non-hydrogen) atoms. The van der Waals surface area contributed by atoms with Crippen molar-refractivity contribution in [3.05, 3.63) is 29.8 Å². The fraction of sp³-hybridized carbons (Fsp3) is 0.600. The highest BCUT2D eigenvalue weighted by molar-refractivity contribution is 5.82. The summed E-state index contributed by atoms with van der Waals surface area (Å²) in [4.78, 5) is 30.9. The molecule has 3 rings (SSSR count). The van der Waals surface area contributed by atoms with Gasteiger partial charge in [-0.05, 0) is 31.5 Å². The first-order valence-corrected chi connectivity index (χ1v) is 9.63. The Morgan fingerprint density at radius 1 is 1.07 bits per heavy atom. The van der Waals surface area contributed by atoms with Crippen LogP contribution in [0, 0.1) is 6.92 Å². The number of hydrogen-bond donors (Lipinski definition) is 0. The molecule has 0 saturated carbocycles. The number of hydrogen-bond acceptors (Lipinski definition) is 5. The van der Waals surface area contributed by atoms with Crippen LogP contribution in [-0.4, -0.2) is 91.6 Å². The maximum atomic E-state index is 12.7. The molecular formula is C20H29N3O4. The van der Waals surface area contributed by atoms with E-state index in [4.69, 9.17) is 9.47 Å². The molecule has 0 aromatic heterocycles. The molecule has 2 fully saturated rings. The fourth-order valence-corrected chi connectivity index (χ4v) is 3.43. The van der Waals surface area contributed by atoms with Gasteiger partial charge >= 0.3 is 0 Å². The van der Waals surface area contributed by atoms with Crippen molar-refractivity contribution in [1.29, 1.82) is 0 Å². The van der Waals surface area contributed by atoms with E-state index in [9.17, 15) is 9.59 Å². The zero-order valence-corrected chi connectivity index (χ0v) is 16.2. The number of ether oxygens (including phenoxy) is 2. The molecule has 2 aliphatic heterocycles. The van der Waals surface area contributed by atoms with Crippen LogP contribution >= 0.6 is 0 Å². The van der Waals surface area contributed by atoms with Crippen LogP contribution in [0.1, 0.15) is 12.5 Å². The predicted octanol–water partition coefficient (Wildman–Crippen LogP) is 0.765. The normalized spacial score (nSPS) is 19.6. The number of aryl methyl sites for hydroxylation is 1. The topological polar surface area (TPSA) is 62.3 Å². The van der Waals surface area contributed by atoms with Crippen LogP contribution in [0.3, 0.4) is 0 Å². The van der Waals surface area contributed by atoms with Gasteiger partial charge in [-0.15, -0.1) is 0 Å². The number of amides is 2. The highest BCUT2D eigenvalue weighted by atomic mass is 16.5. The zero-order chi connectivity index (χ0) is 19.2. The molecular weight excluding hydrogens is 346 g/mol. The molecule has 1 atom stereocenters. The number of piperazine rings is 1. The third-order valence-electron chi connectivity index (χ3n) is 5.06. The lowest BCUT2D eigenvalue weighted by Crippen LogP contribution is -2.55. The van der Waals surface area contributed by atoms with Crippen molar-refractivity contribution in [2.45, 2.75) is 20.0 Å². The summed E-state index contributed by atoms with van der Waals surface area (Å²) in [6.45, 7) is 9.44. The van der Waals surface area contributed by atoms with E-state index in [1.54, 1.807) is 11.8 Å². The van der Waals surface area contributed by atoms with Crippen molar-refractivity contribution in [2.24, 2.45) is 0 Å². The van der Waals surface area contributed by atoms with Crippen molar-refractivity contribution in [1.82, 2.24) is 14.7 Å². The van der Waals surface area contributed by atoms with Crippen LogP contribution in [-0.2, 0) is 14.3 Å². The van der Waals surface area contributed by atoms with Crippen LogP contribution in [0.4, 0.5) is 0 Å². The Balaban J connectivity index is 1.44. The molecule has 0 spiro atoms. The van der Waals surface area contributed by atoms with E-state index >= 15 is 0 Å². The summed E-state index contributed by atoms with van der Waals surface area (Å²) < 4.78 is 11.1. The summed E-state index contributed by atoms with van der Waals surface area (Å²) in [5.41, 5.74) is 1.10. The van der Waals surface area contributed by atoms with Crippen LogP contribution in [0.2, 0.25) is 0 Å². The lowest BCUT2D eigenvalue weighted by molar-refractivity contribution is -0.144. The second kappa shape index (κ2) is 9.19. The molecule has 1 unspecified atom stereocenters. The summed E-state index contributed by atoms with van der Waals surface area (Å²) in [6, 6.07) is 7.69. The molecule has 2 aliphatic rings. The number of morpholine rings is 1. The summed E-state index contributed by atoms with van der Waals surface area (Å²) in [5.74, 6) is 0.806. The van der Waals surface area contributed by atoms with E-state index in [2.05, 4.69) is 4.90 Å². The second-order valence-electron chi connectivity index (χ2n) is 7.17. The Kier molecular flexibility index (Phi) is 6.68. The number of carbonyl (C=O) groups excluding carboxylic acids is 2. The Hall–Kier alpha value is -2.12. The summed E-state index contributed by atoms with van der Waals surface area (Å²) in [7, 11) is 0. The molecule has 2 heterocycles. The lowest BCUT2D eigenvalue weighted by Gasteiger charge is -2.37. The minimum Gasteiger partial charge on any atom is -0.481 e. The van der Waals surface area contributed by atoms with Gasteiger partial charge in [-0.3, -0.25) is 14.5 Å². The monoisotopic (exact) mass is 375 g/mol. The standard InChI is InChI=1S/C20H29N3O4/c1-16-4-3-5-18(14-16)27-17(2)20(25)23-8-6-22(7-9-23)19(24)15-21-10-12-26-13-11-21/h3-5,14,17H,6-13,15H2,1-2H3. The number of rotatable bonds is 5. The number of carbonyl (C=O) groups is 2. The Labute approximate surface area is 160 Å². The molecule has 7 heteroatoms. The third kappa shape index (κ3) is 5.43. The van der Waals surface area contributed by atoms with E-state index in [0.717, 1.165) is 18.7 Å². The van der Waals surface area contributed by atoms with Gasteiger partial charge in [0.2, 0.25) is 5.91 Å². The van der Waals surface area contributed by atoms with Crippen LogP contribution < -0.4 is 4.74 Å². The first-order valence-electron chi connectivity index (χ1n) is 9.63. The quantitative estimate of drug-likeness (QED) is 0.761. The number of benzene rings is 1. The fourth-order valence-electron chi connectivity index (χ4n) is 3.43. The molecule has 1 aromatic carbocycles. The molecule has 2 saturated heterocycles. The molecule has 0 N–H and O–H groups in total. The Morgan fingerprint density at radius 3 is 2.41 bits per heavy atom. The first kappa shape index (κ1) is 19.6. The van der Waals surface area contributed by atoms with E-state index in [1.165, 1.54) is 0 Å². The van der Waals surface area contributed by atoms with Gasteiger partial charge in [-0.1, -0.05) is 12.1 Å². The summed E-state index contributed by atoms with van der Waals surface area (Å²) in [5, 5.41) is 0. The Morgan fingerprint density at radius 2 is 1.74 bits per heavy atom. The molecule has 0 aliphatic carbocycles. The summed E-state index contributed by atoms with van der Waals surface area (Å²) in [6.07, 6.45) is -0.539. The van der Waals surface area contributed by atoms with Gasteiger partial charge in [0.25, 0.3) is 5.91 Å². The van der Waals surface area contributed by atoms with Crippen molar-refractivity contribution in [3.8, 4) is 5.75 Å². The van der Waals surface area contributed by atoms with E-state index < -0.39 is 6.10 Å². The van der Waals surface area contributed by atoms with Gasteiger partial charge in [0.1, 0.15) is 5.75 Å². The first-order chi connectivity index (χ1) is 13.0. The largest absolute Gasteiger partial charge is 0.481 e. The zero-order valence-electron chi connectivity index (χ0n) is 16.2. The Bertz CT molecular complexity index is 652. The maximum absolute atomic E-state index is 12.7. The maximum Gasteiger partial charge on any atom is 0.263 e. The highest BCUT2D eigenvalue weighted by Crippen LogP contribution is 2.16. The van der Waals surface area contributed by atoms with Gasteiger partial charge < -0.3 is 19.3 Å². The summed E-state index contributed by atoms with van der Waals surface area (Å²) >= 11 is 0. The van der Waals surface area contributed by atoms with Gasteiger partial charge in [-0.25, -0.2) is 0 Å². The molecule has 0 radical (unpaired) electrons. The van der Waals surface area contributed by atoms with E-state index in [1.807, 2.05) is 36.1 Å².